The van der Waals surface area contributed by atoms with Crippen molar-refractivity contribution < 1.29 is 14.3 Å². The lowest BCUT2D eigenvalue weighted by Crippen LogP contribution is -2.65. The SMILES string of the molecule is O=C(CO[C@@H]1CCOC2(C1)CN(Cc1cccc(Cl)c1)C2)N1CCCC1. The summed E-state index contributed by atoms with van der Waals surface area (Å²) in [4.78, 5) is 16.5. The predicted octanol–water partition coefficient (Wildman–Crippen LogP) is 2.71. The maximum absolute atomic E-state index is 12.2. The van der Waals surface area contributed by atoms with Crippen LogP contribution in [0, 0.1) is 0 Å². The fourth-order valence-corrected chi connectivity index (χ4v) is 4.58. The number of benzene rings is 1. The maximum Gasteiger partial charge on any atom is 0.248 e. The van der Waals surface area contributed by atoms with E-state index in [1.165, 1.54) is 5.56 Å². The number of carbonyl (C=O) groups is 1. The van der Waals surface area contributed by atoms with Crippen molar-refractivity contribution in [1.29, 1.82) is 0 Å². The van der Waals surface area contributed by atoms with Crippen LogP contribution in [0.25, 0.3) is 0 Å². The first-order valence-corrected chi connectivity index (χ1v) is 10.00. The second kappa shape index (κ2) is 7.85. The lowest BCUT2D eigenvalue weighted by molar-refractivity contribution is -0.200. The zero-order chi connectivity index (χ0) is 18.0. The Morgan fingerprint density at radius 3 is 2.88 bits per heavy atom. The number of carbonyl (C=O) groups excluding carboxylic acids is 1. The quantitative estimate of drug-likeness (QED) is 0.790. The third-order valence-corrected chi connectivity index (χ3v) is 5.90. The average Bonchev–Trinajstić information content (AvgIpc) is 3.13. The van der Waals surface area contributed by atoms with Gasteiger partial charge in [0.25, 0.3) is 0 Å². The number of hydrogen-bond acceptors (Lipinski definition) is 4. The molecular formula is C20H27ClN2O3. The van der Waals surface area contributed by atoms with E-state index in [1.54, 1.807) is 0 Å². The molecule has 3 saturated heterocycles. The highest BCUT2D eigenvalue weighted by molar-refractivity contribution is 6.30. The Kier molecular flexibility index (Phi) is 5.50. The highest BCUT2D eigenvalue weighted by Gasteiger charge is 2.47. The molecule has 0 radical (unpaired) electrons. The van der Waals surface area contributed by atoms with E-state index in [9.17, 15) is 4.79 Å². The summed E-state index contributed by atoms with van der Waals surface area (Å²) in [6.07, 6.45) is 4.13. The van der Waals surface area contributed by atoms with Crippen LogP contribution in [-0.2, 0) is 20.8 Å². The Morgan fingerprint density at radius 2 is 2.12 bits per heavy atom. The molecule has 26 heavy (non-hydrogen) atoms. The first-order valence-electron chi connectivity index (χ1n) is 9.62. The molecule has 4 rings (SSSR count). The van der Waals surface area contributed by atoms with Crippen molar-refractivity contribution in [3.8, 4) is 0 Å². The number of rotatable bonds is 5. The first kappa shape index (κ1) is 18.2. The van der Waals surface area contributed by atoms with E-state index in [0.29, 0.717) is 6.61 Å². The van der Waals surface area contributed by atoms with Crippen molar-refractivity contribution in [2.75, 3.05) is 39.4 Å². The molecule has 0 bridgehead atoms. The van der Waals surface area contributed by atoms with Crippen LogP contribution in [0.5, 0.6) is 0 Å². The van der Waals surface area contributed by atoms with Gasteiger partial charge in [0.05, 0.1) is 11.7 Å². The number of ether oxygens (including phenoxy) is 2. The van der Waals surface area contributed by atoms with Crippen molar-refractivity contribution in [2.45, 2.75) is 43.9 Å². The van der Waals surface area contributed by atoms with Crippen molar-refractivity contribution in [3.63, 3.8) is 0 Å². The summed E-state index contributed by atoms with van der Waals surface area (Å²) in [6.45, 7) is 5.43. The molecule has 1 amide bonds. The standard InChI is InChI=1S/C20H27ClN2O3/c21-17-5-3-4-16(10-17)12-22-14-20(15-22)11-18(6-9-26-20)25-13-19(24)23-7-1-2-8-23/h3-5,10,18H,1-2,6-9,11-15H2/t18-/m1/s1. The summed E-state index contributed by atoms with van der Waals surface area (Å²) in [5.74, 6) is 0.138. The number of likely N-dealkylation sites (tertiary alicyclic amines) is 2. The predicted molar refractivity (Wildman–Crippen MR) is 100 cm³/mol. The summed E-state index contributed by atoms with van der Waals surface area (Å²) in [7, 11) is 0. The summed E-state index contributed by atoms with van der Waals surface area (Å²) in [5, 5.41) is 0.780. The van der Waals surface area contributed by atoms with Gasteiger partial charge in [-0.05, 0) is 37.0 Å². The molecule has 1 atom stereocenters. The Labute approximate surface area is 160 Å². The number of amides is 1. The van der Waals surface area contributed by atoms with Crippen LogP contribution in [0.3, 0.4) is 0 Å². The highest BCUT2D eigenvalue weighted by atomic mass is 35.5. The molecule has 0 saturated carbocycles. The van der Waals surface area contributed by atoms with Gasteiger partial charge >= 0.3 is 0 Å². The fourth-order valence-electron chi connectivity index (χ4n) is 4.37. The van der Waals surface area contributed by atoms with Gasteiger partial charge in [-0.2, -0.15) is 0 Å². The van der Waals surface area contributed by atoms with E-state index in [2.05, 4.69) is 11.0 Å². The molecule has 5 nitrogen and oxygen atoms in total. The van der Waals surface area contributed by atoms with Crippen LogP contribution in [0.2, 0.25) is 5.02 Å². The third-order valence-electron chi connectivity index (χ3n) is 5.67. The highest BCUT2D eigenvalue weighted by Crippen LogP contribution is 2.36. The number of halogens is 1. The lowest BCUT2D eigenvalue weighted by Gasteiger charge is -2.53. The molecule has 0 unspecified atom stereocenters. The summed E-state index contributed by atoms with van der Waals surface area (Å²) in [6, 6.07) is 8.02. The van der Waals surface area contributed by atoms with Crippen molar-refractivity contribution in [2.24, 2.45) is 0 Å². The van der Waals surface area contributed by atoms with Crippen molar-refractivity contribution in [3.05, 3.63) is 34.9 Å². The molecule has 3 fully saturated rings. The second-order valence-corrected chi connectivity index (χ2v) is 8.26. The van der Waals surface area contributed by atoms with Gasteiger partial charge in [-0.25, -0.2) is 0 Å². The second-order valence-electron chi connectivity index (χ2n) is 7.82. The van der Waals surface area contributed by atoms with Crippen molar-refractivity contribution in [1.82, 2.24) is 9.80 Å². The molecule has 1 aromatic carbocycles. The Hall–Kier alpha value is -1.14. The van der Waals surface area contributed by atoms with Gasteiger partial charge in [0.15, 0.2) is 0 Å². The van der Waals surface area contributed by atoms with Crippen molar-refractivity contribution >= 4 is 17.5 Å². The van der Waals surface area contributed by atoms with Crippen LogP contribution in [0.1, 0.15) is 31.2 Å². The van der Waals surface area contributed by atoms with E-state index in [0.717, 1.165) is 63.4 Å². The molecule has 0 aliphatic carbocycles. The molecular weight excluding hydrogens is 352 g/mol. The maximum atomic E-state index is 12.2. The minimum absolute atomic E-state index is 0.0990. The minimum atomic E-state index is -0.0990. The molecule has 142 valence electrons. The smallest absolute Gasteiger partial charge is 0.248 e. The molecule has 3 aliphatic heterocycles. The lowest BCUT2D eigenvalue weighted by atomic mass is 9.84. The van der Waals surface area contributed by atoms with Gasteiger partial charge in [0.1, 0.15) is 6.61 Å². The fraction of sp³-hybridized carbons (Fsp3) is 0.650. The molecule has 3 aliphatic rings. The Balaban J connectivity index is 1.23. The summed E-state index contributed by atoms with van der Waals surface area (Å²) in [5.41, 5.74) is 1.13. The summed E-state index contributed by atoms with van der Waals surface area (Å²) >= 11 is 6.07. The Morgan fingerprint density at radius 1 is 1.31 bits per heavy atom. The molecule has 1 spiro atoms. The van der Waals surface area contributed by atoms with Gasteiger partial charge in [-0.15, -0.1) is 0 Å². The van der Waals surface area contributed by atoms with Crippen LogP contribution in [0.15, 0.2) is 24.3 Å². The zero-order valence-electron chi connectivity index (χ0n) is 15.2. The van der Waals surface area contributed by atoms with Gasteiger partial charge in [0.2, 0.25) is 5.91 Å². The molecule has 3 heterocycles. The normalized spacial score (nSPS) is 25.4. The third kappa shape index (κ3) is 4.22. The topological polar surface area (TPSA) is 42.0 Å². The van der Waals surface area contributed by atoms with E-state index in [4.69, 9.17) is 21.1 Å². The molecule has 6 heteroatoms. The van der Waals surface area contributed by atoms with Crippen LogP contribution < -0.4 is 0 Å². The summed E-state index contributed by atoms with van der Waals surface area (Å²) < 4.78 is 12.0. The van der Waals surface area contributed by atoms with Gasteiger partial charge in [-0.1, -0.05) is 23.7 Å². The van der Waals surface area contributed by atoms with Crippen LogP contribution in [-0.4, -0.2) is 66.8 Å². The van der Waals surface area contributed by atoms with Gasteiger partial charge in [0, 0.05) is 50.8 Å². The zero-order valence-corrected chi connectivity index (χ0v) is 15.9. The van der Waals surface area contributed by atoms with E-state index in [1.807, 2.05) is 23.1 Å². The van der Waals surface area contributed by atoms with Crippen LogP contribution in [0.4, 0.5) is 0 Å². The largest absolute Gasteiger partial charge is 0.372 e. The van der Waals surface area contributed by atoms with Gasteiger partial charge < -0.3 is 14.4 Å². The molecule has 1 aromatic rings. The van der Waals surface area contributed by atoms with Gasteiger partial charge in [-0.3, -0.25) is 9.69 Å². The first-order chi connectivity index (χ1) is 12.6. The number of hydrogen-bond donors (Lipinski definition) is 0. The average molecular weight is 379 g/mol. The van der Waals surface area contributed by atoms with E-state index in [-0.39, 0.29) is 24.2 Å². The molecule has 0 N–H and O–H groups in total. The molecule has 0 aromatic heterocycles. The van der Waals surface area contributed by atoms with E-state index < -0.39 is 0 Å². The minimum Gasteiger partial charge on any atom is -0.372 e. The van der Waals surface area contributed by atoms with E-state index >= 15 is 0 Å². The number of nitrogens with zero attached hydrogens (tertiary/aromatic N) is 2. The Bertz CT molecular complexity index is 642. The van der Waals surface area contributed by atoms with Crippen LogP contribution >= 0.6 is 11.6 Å². The monoisotopic (exact) mass is 378 g/mol.